The van der Waals surface area contributed by atoms with Gasteiger partial charge in [-0.3, -0.25) is 4.90 Å². The van der Waals surface area contributed by atoms with Gasteiger partial charge in [-0.05, 0) is 44.6 Å². The van der Waals surface area contributed by atoms with Crippen LogP contribution in [0.1, 0.15) is 51.9 Å². The fourth-order valence-electron chi connectivity index (χ4n) is 4.33. The molecule has 0 aromatic carbocycles. The van der Waals surface area contributed by atoms with Crippen molar-refractivity contribution in [3.05, 3.63) is 0 Å². The average molecular weight is 268 g/mol. The van der Waals surface area contributed by atoms with Gasteiger partial charge in [0.25, 0.3) is 0 Å². The van der Waals surface area contributed by atoms with Gasteiger partial charge in [-0.1, -0.05) is 26.2 Å². The van der Waals surface area contributed by atoms with Crippen molar-refractivity contribution in [2.45, 2.75) is 57.4 Å². The Hall–Kier alpha value is -0.120. The molecule has 3 nitrogen and oxygen atoms in total. The zero-order valence-corrected chi connectivity index (χ0v) is 12.9. The first-order chi connectivity index (χ1) is 9.23. The smallest absolute Gasteiger partial charge is 0.0506 e. The summed E-state index contributed by atoms with van der Waals surface area (Å²) in [6, 6.07) is 0. The van der Waals surface area contributed by atoms with E-state index in [-0.39, 0.29) is 5.54 Å². The SMILES string of the molecule is CCC1CCCCC1(CN)N(C)CC1CCCOC1. The van der Waals surface area contributed by atoms with Gasteiger partial charge < -0.3 is 10.5 Å². The summed E-state index contributed by atoms with van der Waals surface area (Å²) in [6.07, 6.45) is 9.20. The topological polar surface area (TPSA) is 38.5 Å². The Morgan fingerprint density at radius 2 is 2.11 bits per heavy atom. The van der Waals surface area contributed by atoms with Crippen molar-refractivity contribution >= 4 is 0 Å². The molecule has 112 valence electrons. The Morgan fingerprint density at radius 3 is 2.74 bits per heavy atom. The van der Waals surface area contributed by atoms with Crippen LogP contribution in [0, 0.1) is 11.8 Å². The molecule has 19 heavy (non-hydrogen) atoms. The van der Waals surface area contributed by atoms with Crippen molar-refractivity contribution in [2.24, 2.45) is 17.6 Å². The van der Waals surface area contributed by atoms with Crippen molar-refractivity contribution < 1.29 is 4.74 Å². The van der Waals surface area contributed by atoms with Gasteiger partial charge in [0, 0.05) is 25.2 Å². The fourth-order valence-corrected chi connectivity index (χ4v) is 4.33. The lowest BCUT2D eigenvalue weighted by Gasteiger charge is -2.50. The van der Waals surface area contributed by atoms with E-state index in [0.717, 1.165) is 32.2 Å². The molecule has 1 saturated carbocycles. The Bertz CT molecular complexity index is 265. The van der Waals surface area contributed by atoms with Crippen LogP contribution in [0.25, 0.3) is 0 Å². The molecule has 3 unspecified atom stereocenters. The fraction of sp³-hybridized carbons (Fsp3) is 1.00. The summed E-state index contributed by atoms with van der Waals surface area (Å²) in [4.78, 5) is 2.60. The van der Waals surface area contributed by atoms with E-state index >= 15 is 0 Å². The maximum atomic E-state index is 6.24. The van der Waals surface area contributed by atoms with Crippen molar-refractivity contribution in [3.63, 3.8) is 0 Å². The standard InChI is InChI=1S/C16H32N2O/c1-3-15-8-4-5-9-16(15,13-17)18(2)11-14-7-6-10-19-12-14/h14-15H,3-13,17H2,1-2H3. The van der Waals surface area contributed by atoms with Gasteiger partial charge in [-0.2, -0.15) is 0 Å². The summed E-state index contributed by atoms with van der Waals surface area (Å²) in [5, 5.41) is 0. The van der Waals surface area contributed by atoms with E-state index in [0.29, 0.717) is 5.92 Å². The summed E-state index contributed by atoms with van der Waals surface area (Å²) in [6.45, 7) is 6.21. The highest BCUT2D eigenvalue weighted by Crippen LogP contribution is 2.39. The zero-order valence-electron chi connectivity index (χ0n) is 12.9. The highest BCUT2D eigenvalue weighted by molar-refractivity contribution is 4.99. The minimum atomic E-state index is 0.254. The molecule has 0 aromatic rings. The predicted molar refractivity (Wildman–Crippen MR) is 80.2 cm³/mol. The molecule has 3 atom stereocenters. The molecular formula is C16H32N2O. The van der Waals surface area contributed by atoms with E-state index in [9.17, 15) is 0 Å². The highest BCUT2D eigenvalue weighted by atomic mass is 16.5. The second kappa shape index (κ2) is 7.05. The Balaban J connectivity index is 2.01. The molecule has 1 aliphatic heterocycles. The maximum Gasteiger partial charge on any atom is 0.0506 e. The van der Waals surface area contributed by atoms with Gasteiger partial charge in [0.05, 0.1) is 6.61 Å². The van der Waals surface area contributed by atoms with Gasteiger partial charge in [0.1, 0.15) is 0 Å². The molecule has 1 saturated heterocycles. The van der Waals surface area contributed by atoms with E-state index in [4.69, 9.17) is 10.5 Å². The normalized spacial score (nSPS) is 36.6. The quantitative estimate of drug-likeness (QED) is 0.833. The van der Waals surface area contributed by atoms with Gasteiger partial charge >= 0.3 is 0 Å². The molecule has 0 radical (unpaired) electrons. The zero-order chi connectivity index (χ0) is 13.7. The highest BCUT2D eigenvalue weighted by Gasteiger charge is 2.42. The van der Waals surface area contributed by atoms with Crippen LogP contribution in [0.15, 0.2) is 0 Å². The molecule has 0 bridgehead atoms. The summed E-state index contributed by atoms with van der Waals surface area (Å²) in [7, 11) is 2.30. The van der Waals surface area contributed by atoms with Crippen LogP contribution in [-0.2, 0) is 4.74 Å². The van der Waals surface area contributed by atoms with Gasteiger partial charge in [-0.15, -0.1) is 0 Å². The van der Waals surface area contributed by atoms with Gasteiger partial charge in [0.2, 0.25) is 0 Å². The molecule has 0 spiro atoms. The summed E-state index contributed by atoms with van der Waals surface area (Å²) < 4.78 is 5.63. The lowest BCUT2D eigenvalue weighted by atomic mass is 9.70. The molecule has 1 heterocycles. The van der Waals surface area contributed by atoms with E-state index in [1.807, 2.05) is 0 Å². The van der Waals surface area contributed by atoms with Crippen LogP contribution in [0.2, 0.25) is 0 Å². The minimum absolute atomic E-state index is 0.254. The van der Waals surface area contributed by atoms with Crippen LogP contribution >= 0.6 is 0 Å². The predicted octanol–water partition coefficient (Wildman–Crippen LogP) is 2.64. The second-order valence-electron chi connectivity index (χ2n) is 6.62. The third kappa shape index (κ3) is 3.32. The molecule has 2 fully saturated rings. The Morgan fingerprint density at radius 1 is 1.26 bits per heavy atom. The number of ether oxygens (including phenoxy) is 1. The summed E-state index contributed by atoms with van der Waals surface area (Å²) in [5.41, 5.74) is 6.49. The summed E-state index contributed by atoms with van der Waals surface area (Å²) in [5.74, 6) is 1.49. The molecule has 1 aliphatic carbocycles. The molecule has 2 aliphatic rings. The molecule has 2 N–H and O–H groups in total. The van der Waals surface area contributed by atoms with Crippen molar-refractivity contribution in [2.75, 3.05) is 33.4 Å². The van der Waals surface area contributed by atoms with Crippen molar-refractivity contribution in [1.29, 1.82) is 0 Å². The number of hydrogen-bond acceptors (Lipinski definition) is 3. The van der Waals surface area contributed by atoms with Crippen molar-refractivity contribution in [1.82, 2.24) is 4.90 Å². The van der Waals surface area contributed by atoms with Crippen molar-refractivity contribution in [3.8, 4) is 0 Å². The van der Waals surface area contributed by atoms with Crippen LogP contribution in [0.4, 0.5) is 0 Å². The van der Waals surface area contributed by atoms with Crippen LogP contribution < -0.4 is 5.73 Å². The third-order valence-electron chi connectivity index (χ3n) is 5.57. The van der Waals surface area contributed by atoms with Crippen LogP contribution in [0.3, 0.4) is 0 Å². The molecular weight excluding hydrogens is 236 g/mol. The van der Waals surface area contributed by atoms with E-state index in [2.05, 4.69) is 18.9 Å². The molecule has 0 amide bonds. The first-order valence-corrected chi connectivity index (χ1v) is 8.22. The lowest BCUT2D eigenvalue weighted by Crippen LogP contribution is -2.59. The Kier molecular flexibility index (Phi) is 5.67. The number of nitrogens with zero attached hydrogens (tertiary/aromatic N) is 1. The second-order valence-corrected chi connectivity index (χ2v) is 6.62. The number of nitrogens with two attached hydrogens (primary N) is 1. The lowest BCUT2D eigenvalue weighted by molar-refractivity contribution is -0.0153. The third-order valence-corrected chi connectivity index (χ3v) is 5.57. The number of likely N-dealkylation sites (N-methyl/N-ethyl adjacent to an activating group) is 1. The minimum Gasteiger partial charge on any atom is -0.381 e. The molecule has 0 aromatic heterocycles. The summed E-state index contributed by atoms with van der Waals surface area (Å²) >= 11 is 0. The largest absolute Gasteiger partial charge is 0.381 e. The number of hydrogen-bond donors (Lipinski definition) is 1. The van der Waals surface area contributed by atoms with E-state index < -0.39 is 0 Å². The number of rotatable bonds is 5. The molecule has 3 heteroatoms. The van der Waals surface area contributed by atoms with E-state index in [1.165, 1.54) is 44.9 Å². The van der Waals surface area contributed by atoms with Crippen LogP contribution in [-0.4, -0.2) is 43.8 Å². The first kappa shape index (κ1) is 15.3. The van der Waals surface area contributed by atoms with Gasteiger partial charge in [-0.25, -0.2) is 0 Å². The van der Waals surface area contributed by atoms with Crippen LogP contribution in [0.5, 0.6) is 0 Å². The van der Waals surface area contributed by atoms with Gasteiger partial charge in [0.15, 0.2) is 0 Å². The van der Waals surface area contributed by atoms with E-state index in [1.54, 1.807) is 0 Å². The maximum absolute atomic E-state index is 6.24. The monoisotopic (exact) mass is 268 g/mol. The Labute approximate surface area is 118 Å². The average Bonchev–Trinajstić information content (AvgIpc) is 2.47. The first-order valence-electron chi connectivity index (χ1n) is 8.22. The molecule has 2 rings (SSSR count).